The molecular weight excluding hydrogens is 384 g/mol. The van der Waals surface area contributed by atoms with E-state index in [2.05, 4.69) is 34.1 Å². The van der Waals surface area contributed by atoms with Crippen LogP contribution in [-0.4, -0.2) is 47.4 Å². The third kappa shape index (κ3) is 4.80. The van der Waals surface area contributed by atoms with Crippen molar-refractivity contribution in [1.29, 1.82) is 0 Å². The Hall–Kier alpha value is -3.11. The molecule has 0 aromatic heterocycles. The maximum atomic E-state index is 13.4. The number of carbonyl (C=O) groups excluding carboxylic acids is 1. The predicted octanol–water partition coefficient (Wildman–Crippen LogP) is 5.01. The van der Waals surface area contributed by atoms with Crippen molar-refractivity contribution in [2.45, 2.75) is 31.3 Å². The summed E-state index contributed by atoms with van der Waals surface area (Å²) in [5.74, 6) is 1.64. The quantitative estimate of drug-likeness (QED) is 0.571. The molecule has 4 heteroatoms. The van der Waals surface area contributed by atoms with E-state index in [0.717, 1.165) is 49.2 Å². The minimum atomic E-state index is 0.114. The molecule has 5 rings (SSSR count). The van der Waals surface area contributed by atoms with Gasteiger partial charge in [-0.15, -0.1) is 0 Å². The van der Waals surface area contributed by atoms with E-state index in [1.165, 1.54) is 18.4 Å². The Morgan fingerprint density at radius 1 is 0.806 bits per heavy atom. The molecule has 2 aliphatic rings. The molecule has 1 saturated carbocycles. The lowest BCUT2D eigenvalue weighted by Gasteiger charge is -2.42. The smallest absolute Gasteiger partial charge is 0.254 e. The van der Waals surface area contributed by atoms with E-state index in [0.29, 0.717) is 0 Å². The molecule has 31 heavy (non-hydrogen) atoms. The molecule has 2 fully saturated rings. The maximum absolute atomic E-state index is 13.4. The molecule has 1 aliphatic carbocycles. The van der Waals surface area contributed by atoms with Crippen LogP contribution in [0.3, 0.4) is 0 Å². The van der Waals surface area contributed by atoms with Crippen molar-refractivity contribution in [1.82, 2.24) is 9.80 Å². The van der Waals surface area contributed by atoms with Gasteiger partial charge in [0.05, 0.1) is 0 Å². The summed E-state index contributed by atoms with van der Waals surface area (Å²) in [6.07, 6.45) is 3.49. The molecule has 3 aromatic rings. The first-order valence-corrected chi connectivity index (χ1v) is 11.2. The van der Waals surface area contributed by atoms with Crippen molar-refractivity contribution in [3.8, 4) is 11.5 Å². The number of ether oxygens (including phenoxy) is 1. The van der Waals surface area contributed by atoms with Gasteiger partial charge in [-0.25, -0.2) is 0 Å². The van der Waals surface area contributed by atoms with E-state index >= 15 is 0 Å². The first-order valence-electron chi connectivity index (χ1n) is 11.2. The minimum absolute atomic E-state index is 0.114. The molecule has 158 valence electrons. The average molecular weight is 413 g/mol. The normalized spacial score (nSPS) is 19.2. The van der Waals surface area contributed by atoms with Crippen molar-refractivity contribution in [2.24, 2.45) is 0 Å². The van der Waals surface area contributed by atoms with Gasteiger partial charge in [0.2, 0.25) is 0 Å². The number of rotatable bonds is 6. The lowest BCUT2D eigenvalue weighted by molar-refractivity contribution is 0.0437. The van der Waals surface area contributed by atoms with Crippen molar-refractivity contribution in [3.05, 3.63) is 96.1 Å². The number of hydrogen-bond acceptors (Lipinski definition) is 3. The molecule has 1 heterocycles. The van der Waals surface area contributed by atoms with Gasteiger partial charge in [-0.1, -0.05) is 48.5 Å². The Morgan fingerprint density at radius 3 is 2.13 bits per heavy atom. The zero-order valence-electron chi connectivity index (χ0n) is 17.7. The van der Waals surface area contributed by atoms with Gasteiger partial charge in [0, 0.05) is 37.3 Å². The molecule has 0 N–H and O–H groups in total. The summed E-state index contributed by atoms with van der Waals surface area (Å²) < 4.78 is 5.87. The van der Waals surface area contributed by atoms with E-state index in [1.54, 1.807) is 0 Å². The molecule has 4 nitrogen and oxygen atoms in total. The highest BCUT2D eigenvalue weighted by Gasteiger charge is 2.37. The molecule has 3 aromatic carbocycles. The number of hydrogen-bond donors (Lipinski definition) is 0. The van der Waals surface area contributed by atoms with Crippen molar-refractivity contribution in [2.75, 3.05) is 19.6 Å². The second-order valence-electron chi connectivity index (χ2n) is 8.51. The third-order valence-electron chi connectivity index (χ3n) is 6.23. The Labute approximate surface area is 184 Å². The lowest BCUT2D eigenvalue weighted by atomic mass is 10.0. The van der Waals surface area contributed by atoms with Crippen LogP contribution in [0, 0.1) is 0 Å². The Bertz CT molecular complexity index is 1000. The van der Waals surface area contributed by atoms with E-state index in [-0.39, 0.29) is 11.9 Å². The molecule has 1 atom stereocenters. The topological polar surface area (TPSA) is 32.8 Å². The zero-order valence-corrected chi connectivity index (χ0v) is 17.7. The van der Waals surface area contributed by atoms with Crippen molar-refractivity contribution >= 4 is 5.91 Å². The molecule has 1 saturated heterocycles. The van der Waals surface area contributed by atoms with Crippen LogP contribution in [0.2, 0.25) is 0 Å². The van der Waals surface area contributed by atoms with Gasteiger partial charge in [0.1, 0.15) is 11.5 Å². The molecule has 1 aliphatic heterocycles. The fourth-order valence-electron chi connectivity index (χ4n) is 4.43. The zero-order chi connectivity index (χ0) is 21.0. The monoisotopic (exact) mass is 412 g/mol. The summed E-state index contributed by atoms with van der Waals surface area (Å²) in [6, 6.07) is 28.7. The van der Waals surface area contributed by atoms with E-state index in [1.807, 2.05) is 60.7 Å². The highest BCUT2D eigenvalue weighted by molar-refractivity contribution is 5.94. The van der Waals surface area contributed by atoms with Gasteiger partial charge in [-0.3, -0.25) is 9.69 Å². The highest BCUT2D eigenvalue weighted by Crippen LogP contribution is 2.30. The van der Waals surface area contributed by atoms with Gasteiger partial charge in [-0.05, 0) is 61.2 Å². The van der Waals surface area contributed by atoms with E-state index < -0.39 is 0 Å². The third-order valence-corrected chi connectivity index (χ3v) is 6.23. The number of nitrogens with zero attached hydrogens (tertiary/aromatic N) is 2. The van der Waals surface area contributed by atoms with Gasteiger partial charge in [-0.2, -0.15) is 0 Å². The molecule has 1 unspecified atom stereocenters. The van der Waals surface area contributed by atoms with E-state index in [9.17, 15) is 4.79 Å². The number of piperazine rings is 1. The van der Waals surface area contributed by atoms with Gasteiger partial charge < -0.3 is 9.64 Å². The largest absolute Gasteiger partial charge is 0.457 e. The summed E-state index contributed by atoms with van der Waals surface area (Å²) in [5, 5.41) is 0. The Balaban J connectivity index is 1.31. The van der Waals surface area contributed by atoms with Crippen LogP contribution >= 0.6 is 0 Å². The molecular formula is C27H28N2O2. The number of amides is 1. The summed E-state index contributed by atoms with van der Waals surface area (Å²) in [4.78, 5) is 18.1. The summed E-state index contributed by atoms with van der Waals surface area (Å²) in [5.41, 5.74) is 2.01. The predicted molar refractivity (Wildman–Crippen MR) is 123 cm³/mol. The van der Waals surface area contributed by atoms with E-state index in [4.69, 9.17) is 4.74 Å². The average Bonchev–Trinajstić information content (AvgIpc) is 3.66. The second kappa shape index (κ2) is 8.94. The molecule has 1 amide bonds. The lowest BCUT2D eigenvalue weighted by Crippen LogP contribution is -2.56. The minimum Gasteiger partial charge on any atom is -0.457 e. The van der Waals surface area contributed by atoms with Crippen LogP contribution in [-0.2, 0) is 6.42 Å². The fourth-order valence-corrected chi connectivity index (χ4v) is 4.43. The SMILES string of the molecule is O=C(c1ccc(Oc2ccccc2)cc1)N1CCN(C2CC2)CC1Cc1ccccc1. The van der Waals surface area contributed by atoms with Gasteiger partial charge >= 0.3 is 0 Å². The van der Waals surface area contributed by atoms with Crippen LogP contribution in [0.5, 0.6) is 11.5 Å². The van der Waals surface area contributed by atoms with Crippen LogP contribution in [0.1, 0.15) is 28.8 Å². The van der Waals surface area contributed by atoms with Crippen LogP contribution < -0.4 is 4.74 Å². The first kappa shape index (κ1) is 19.8. The highest BCUT2D eigenvalue weighted by atomic mass is 16.5. The molecule has 0 radical (unpaired) electrons. The summed E-state index contributed by atoms with van der Waals surface area (Å²) >= 11 is 0. The summed E-state index contributed by atoms with van der Waals surface area (Å²) in [7, 11) is 0. The van der Waals surface area contributed by atoms with Crippen LogP contribution in [0.15, 0.2) is 84.9 Å². The van der Waals surface area contributed by atoms with Gasteiger partial charge in [0.25, 0.3) is 5.91 Å². The van der Waals surface area contributed by atoms with Crippen molar-refractivity contribution < 1.29 is 9.53 Å². The summed E-state index contributed by atoms with van der Waals surface area (Å²) in [6.45, 7) is 2.71. The van der Waals surface area contributed by atoms with Crippen LogP contribution in [0.25, 0.3) is 0 Å². The standard InChI is InChI=1S/C27H28N2O2/c30-27(22-11-15-26(16-12-22)31-25-9-5-2-6-10-25)29-18-17-28(23-13-14-23)20-24(29)19-21-7-3-1-4-8-21/h1-12,15-16,23-24H,13-14,17-20H2. The Kier molecular flexibility index (Phi) is 5.72. The van der Waals surface area contributed by atoms with Crippen molar-refractivity contribution in [3.63, 3.8) is 0 Å². The first-order chi connectivity index (χ1) is 15.3. The number of para-hydroxylation sites is 1. The number of carbonyl (C=O) groups is 1. The molecule has 0 spiro atoms. The number of benzene rings is 3. The van der Waals surface area contributed by atoms with Gasteiger partial charge in [0.15, 0.2) is 0 Å². The maximum Gasteiger partial charge on any atom is 0.254 e. The Morgan fingerprint density at radius 2 is 1.45 bits per heavy atom. The fraction of sp³-hybridized carbons (Fsp3) is 0.296. The van der Waals surface area contributed by atoms with Crippen LogP contribution in [0.4, 0.5) is 0 Å². The second-order valence-corrected chi connectivity index (χ2v) is 8.51. The molecule has 0 bridgehead atoms.